The van der Waals surface area contributed by atoms with Crippen molar-refractivity contribution in [1.82, 2.24) is 9.88 Å². The van der Waals surface area contributed by atoms with E-state index in [4.69, 9.17) is 23.2 Å². The molecule has 156 valence electrons. The quantitative estimate of drug-likeness (QED) is 0.483. The number of hydrogen-bond acceptors (Lipinski definition) is 4. The summed E-state index contributed by atoms with van der Waals surface area (Å²) in [6.07, 6.45) is 2.07. The second-order valence-corrected chi connectivity index (χ2v) is 8.28. The number of carbonyl (C=O) groups excluding carboxylic acids is 2. The van der Waals surface area contributed by atoms with E-state index in [0.29, 0.717) is 44.1 Å². The topological polar surface area (TPSA) is 62.3 Å². The molecule has 0 saturated heterocycles. The maximum absolute atomic E-state index is 14.0. The van der Waals surface area contributed by atoms with E-state index in [0.717, 1.165) is 11.3 Å². The van der Waals surface area contributed by atoms with Gasteiger partial charge in [0.1, 0.15) is 22.2 Å². The van der Waals surface area contributed by atoms with Crippen LogP contribution >= 0.6 is 34.5 Å². The maximum atomic E-state index is 14.0. The highest BCUT2D eigenvalue weighted by Gasteiger charge is 2.22. The van der Waals surface area contributed by atoms with Crippen LogP contribution in [0.15, 0.2) is 48.7 Å². The fourth-order valence-corrected chi connectivity index (χ4v) is 4.13. The summed E-state index contributed by atoms with van der Waals surface area (Å²) in [5.74, 6) is -1.13. The summed E-state index contributed by atoms with van der Waals surface area (Å²) in [5.41, 5.74) is 0.744. The van der Waals surface area contributed by atoms with Crippen molar-refractivity contribution in [2.45, 2.75) is 13.3 Å². The van der Waals surface area contributed by atoms with Crippen molar-refractivity contribution in [3.8, 4) is 10.6 Å². The highest BCUT2D eigenvalue weighted by Crippen LogP contribution is 2.28. The lowest BCUT2D eigenvalue weighted by atomic mass is 10.2. The first-order chi connectivity index (χ1) is 14.4. The number of thiazole rings is 1. The van der Waals surface area contributed by atoms with Gasteiger partial charge in [-0.2, -0.15) is 0 Å². The first-order valence-electron chi connectivity index (χ1n) is 9.14. The predicted molar refractivity (Wildman–Crippen MR) is 119 cm³/mol. The van der Waals surface area contributed by atoms with Gasteiger partial charge in [-0.3, -0.25) is 9.59 Å². The van der Waals surface area contributed by atoms with Crippen LogP contribution in [-0.4, -0.2) is 34.8 Å². The molecule has 0 unspecified atom stereocenters. The van der Waals surface area contributed by atoms with Gasteiger partial charge in [-0.15, -0.1) is 11.3 Å². The van der Waals surface area contributed by atoms with Crippen LogP contribution in [0.2, 0.25) is 10.0 Å². The van der Waals surface area contributed by atoms with Gasteiger partial charge in [0.05, 0.1) is 16.9 Å². The SMILES string of the molecule is CCCN(CC(=O)Nc1ccc(Cl)cc1Cl)C(=O)c1cnc(-c2ccccc2F)s1. The van der Waals surface area contributed by atoms with E-state index < -0.39 is 5.82 Å². The number of nitrogens with zero attached hydrogens (tertiary/aromatic N) is 2. The third-order valence-corrected chi connectivity index (χ3v) is 5.71. The zero-order valence-corrected chi connectivity index (χ0v) is 18.3. The van der Waals surface area contributed by atoms with E-state index in [1.54, 1.807) is 30.3 Å². The number of halogens is 3. The van der Waals surface area contributed by atoms with Gasteiger partial charge in [-0.05, 0) is 36.8 Å². The third kappa shape index (κ3) is 5.36. The Balaban J connectivity index is 1.73. The highest BCUT2D eigenvalue weighted by atomic mass is 35.5. The number of benzene rings is 2. The molecule has 0 bridgehead atoms. The Morgan fingerprint density at radius 3 is 2.67 bits per heavy atom. The zero-order valence-electron chi connectivity index (χ0n) is 16.0. The molecule has 2 amide bonds. The molecule has 3 aromatic rings. The number of anilines is 1. The van der Waals surface area contributed by atoms with E-state index in [1.165, 1.54) is 23.2 Å². The Kier molecular flexibility index (Phi) is 7.42. The fourth-order valence-electron chi connectivity index (χ4n) is 2.76. The molecule has 9 heteroatoms. The second kappa shape index (κ2) is 10.0. The molecule has 1 N–H and O–H groups in total. The molecule has 1 aromatic heterocycles. The van der Waals surface area contributed by atoms with Gasteiger partial charge in [0, 0.05) is 17.1 Å². The van der Waals surface area contributed by atoms with E-state index in [2.05, 4.69) is 10.3 Å². The Hall–Kier alpha value is -2.48. The van der Waals surface area contributed by atoms with Crippen molar-refractivity contribution in [2.75, 3.05) is 18.4 Å². The summed E-state index contributed by atoms with van der Waals surface area (Å²) in [6.45, 7) is 2.14. The molecule has 1 heterocycles. The Labute approximate surface area is 187 Å². The molecule has 0 fully saturated rings. The number of aromatic nitrogens is 1. The molecule has 0 radical (unpaired) electrons. The molecule has 0 aliphatic heterocycles. The summed E-state index contributed by atoms with van der Waals surface area (Å²) in [5, 5.41) is 3.86. The molecular weight excluding hydrogens is 448 g/mol. The van der Waals surface area contributed by atoms with Crippen molar-refractivity contribution in [3.05, 3.63) is 69.4 Å². The highest BCUT2D eigenvalue weighted by molar-refractivity contribution is 7.16. The maximum Gasteiger partial charge on any atom is 0.266 e. The van der Waals surface area contributed by atoms with Crippen LogP contribution in [0.1, 0.15) is 23.0 Å². The monoisotopic (exact) mass is 465 g/mol. The molecule has 0 spiro atoms. The molecule has 2 aromatic carbocycles. The van der Waals surface area contributed by atoms with Crippen molar-refractivity contribution in [2.24, 2.45) is 0 Å². The average molecular weight is 466 g/mol. The molecule has 0 aliphatic rings. The van der Waals surface area contributed by atoms with Gasteiger partial charge in [0.2, 0.25) is 5.91 Å². The van der Waals surface area contributed by atoms with Gasteiger partial charge in [0.25, 0.3) is 5.91 Å². The van der Waals surface area contributed by atoms with Gasteiger partial charge < -0.3 is 10.2 Å². The molecular formula is C21H18Cl2FN3O2S. The van der Waals surface area contributed by atoms with E-state index >= 15 is 0 Å². The van der Waals surface area contributed by atoms with Crippen molar-refractivity contribution >= 4 is 52.0 Å². The van der Waals surface area contributed by atoms with Gasteiger partial charge in [-0.1, -0.05) is 42.3 Å². The van der Waals surface area contributed by atoms with Crippen molar-refractivity contribution in [1.29, 1.82) is 0 Å². The third-order valence-electron chi connectivity index (χ3n) is 4.14. The molecule has 5 nitrogen and oxygen atoms in total. The number of nitrogens with one attached hydrogen (secondary N) is 1. The van der Waals surface area contributed by atoms with Gasteiger partial charge in [0.15, 0.2) is 0 Å². The number of carbonyl (C=O) groups is 2. The average Bonchev–Trinajstić information content (AvgIpc) is 3.19. The van der Waals surface area contributed by atoms with E-state index in [9.17, 15) is 14.0 Å². The first kappa shape index (κ1) is 22.2. The Morgan fingerprint density at radius 2 is 1.97 bits per heavy atom. The zero-order chi connectivity index (χ0) is 21.7. The van der Waals surface area contributed by atoms with Crippen LogP contribution < -0.4 is 5.32 Å². The van der Waals surface area contributed by atoms with E-state index in [-0.39, 0.29) is 18.4 Å². The number of rotatable bonds is 7. The summed E-state index contributed by atoms with van der Waals surface area (Å²) in [7, 11) is 0. The second-order valence-electron chi connectivity index (χ2n) is 6.41. The smallest absolute Gasteiger partial charge is 0.266 e. The number of hydrogen-bond donors (Lipinski definition) is 1. The van der Waals surface area contributed by atoms with Crippen molar-refractivity contribution < 1.29 is 14.0 Å². The lowest BCUT2D eigenvalue weighted by Crippen LogP contribution is -2.38. The first-order valence-corrected chi connectivity index (χ1v) is 10.7. The van der Waals surface area contributed by atoms with Crippen LogP contribution in [0.3, 0.4) is 0 Å². The van der Waals surface area contributed by atoms with Gasteiger partial charge in [-0.25, -0.2) is 9.37 Å². The molecule has 30 heavy (non-hydrogen) atoms. The van der Waals surface area contributed by atoms with E-state index in [1.807, 2.05) is 6.92 Å². The summed E-state index contributed by atoms with van der Waals surface area (Å²) < 4.78 is 14.0. The minimum absolute atomic E-state index is 0.154. The Morgan fingerprint density at radius 1 is 1.20 bits per heavy atom. The summed E-state index contributed by atoms with van der Waals surface area (Å²) in [6, 6.07) is 11.0. The lowest BCUT2D eigenvalue weighted by molar-refractivity contribution is -0.116. The van der Waals surface area contributed by atoms with Crippen LogP contribution in [-0.2, 0) is 4.79 Å². The summed E-state index contributed by atoms with van der Waals surface area (Å²) in [4.78, 5) is 31.4. The molecule has 3 rings (SSSR count). The normalized spacial score (nSPS) is 10.7. The minimum atomic E-state index is -0.407. The Bertz CT molecular complexity index is 1070. The largest absolute Gasteiger partial charge is 0.329 e. The molecule has 0 saturated carbocycles. The summed E-state index contributed by atoms with van der Waals surface area (Å²) >= 11 is 13.0. The van der Waals surface area contributed by atoms with Crippen LogP contribution in [0.4, 0.5) is 10.1 Å². The van der Waals surface area contributed by atoms with Crippen LogP contribution in [0.5, 0.6) is 0 Å². The van der Waals surface area contributed by atoms with Crippen LogP contribution in [0.25, 0.3) is 10.6 Å². The standard InChI is InChI=1S/C21H18Cl2FN3O2S/c1-2-9-27(12-19(28)26-17-8-7-13(22)10-15(17)23)21(29)18-11-25-20(30-18)14-5-3-4-6-16(14)24/h3-8,10-11H,2,9,12H2,1H3,(H,26,28). The van der Waals surface area contributed by atoms with Gasteiger partial charge >= 0.3 is 0 Å². The van der Waals surface area contributed by atoms with Crippen LogP contribution in [0, 0.1) is 5.82 Å². The lowest BCUT2D eigenvalue weighted by Gasteiger charge is -2.21. The predicted octanol–water partition coefficient (Wildman–Crippen LogP) is 5.75. The number of amides is 2. The minimum Gasteiger partial charge on any atom is -0.329 e. The fraction of sp³-hybridized carbons (Fsp3) is 0.190. The molecule has 0 atom stereocenters. The molecule has 0 aliphatic carbocycles. The van der Waals surface area contributed by atoms with Crippen molar-refractivity contribution in [3.63, 3.8) is 0 Å².